The van der Waals surface area contributed by atoms with Crippen molar-refractivity contribution >= 4 is 0 Å². The molecule has 0 aliphatic rings. The van der Waals surface area contributed by atoms with E-state index < -0.39 is 0 Å². The highest BCUT2D eigenvalue weighted by atomic mass is 16.3. The van der Waals surface area contributed by atoms with Gasteiger partial charge in [0.1, 0.15) is 0 Å². The molecule has 0 fully saturated rings. The predicted octanol–water partition coefficient (Wildman–Crippen LogP) is 2.42. The highest BCUT2D eigenvalue weighted by Crippen LogP contribution is 2.31. The fourth-order valence-electron chi connectivity index (χ4n) is 2.96. The lowest BCUT2D eigenvalue weighted by atomic mass is 9.85. The molecule has 0 aromatic heterocycles. The Balaban J connectivity index is 2.51. The van der Waals surface area contributed by atoms with Crippen LogP contribution in [-0.2, 0) is 25.0 Å². The van der Waals surface area contributed by atoms with Crippen LogP contribution in [0.15, 0.2) is 36.4 Å². The van der Waals surface area contributed by atoms with E-state index in [0.29, 0.717) is 0 Å². The van der Waals surface area contributed by atoms with Gasteiger partial charge in [-0.1, -0.05) is 57.2 Å². The van der Waals surface area contributed by atoms with Crippen LogP contribution in [0.25, 0.3) is 11.1 Å². The Morgan fingerprint density at radius 3 is 1.96 bits per heavy atom. The Bertz CT molecular complexity index is 655. The Morgan fingerprint density at radius 2 is 1.48 bits per heavy atom. The van der Waals surface area contributed by atoms with Crippen LogP contribution in [0.5, 0.6) is 0 Å². The molecule has 0 amide bonds. The van der Waals surface area contributed by atoms with Gasteiger partial charge >= 0.3 is 0 Å². The van der Waals surface area contributed by atoms with E-state index in [2.05, 4.69) is 50.8 Å². The van der Waals surface area contributed by atoms with E-state index in [0.717, 1.165) is 40.8 Å². The molecule has 0 bridgehead atoms. The fraction of sp³-hybridized carbons (Fsp3) is 0.400. The van der Waals surface area contributed by atoms with E-state index in [4.69, 9.17) is 0 Å². The third-order valence-corrected chi connectivity index (χ3v) is 4.35. The zero-order valence-corrected chi connectivity index (χ0v) is 14.4. The third-order valence-electron chi connectivity index (χ3n) is 4.35. The van der Waals surface area contributed by atoms with Gasteiger partial charge in [0.25, 0.3) is 0 Å². The number of quaternary nitrogens is 1. The quantitative estimate of drug-likeness (QED) is 0.793. The summed E-state index contributed by atoms with van der Waals surface area (Å²) in [5.74, 6) is 0. The van der Waals surface area contributed by atoms with Crippen LogP contribution < -0.4 is 5.73 Å². The molecule has 0 spiro atoms. The van der Waals surface area contributed by atoms with E-state index in [-0.39, 0.29) is 18.6 Å². The van der Waals surface area contributed by atoms with Gasteiger partial charge in [-0.15, -0.1) is 0 Å². The smallest absolute Gasteiger partial charge is 0.0780 e. The SMILES string of the molecule is CC(C)(C)c1ccc(-c2ccc(CC[NH3+])c(CO)c2CO)cc1. The molecule has 2 aromatic carbocycles. The molecular weight excluding hydrogens is 286 g/mol. The Hall–Kier alpha value is -1.68. The molecule has 0 heterocycles. The topological polar surface area (TPSA) is 68.1 Å². The zero-order valence-electron chi connectivity index (χ0n) is 14.4. The summed E-state index contributed by atoms with van der Waals surface area (Å²) in [6, 6.07) is 12.6. The maximum atomic E-state index is 9.84. The predicted molar refractivity (Wildman–Crippen MR) is 93.9 cm³/mol. The van der Waals surface area contributed by atoms with Crippen LogP contribution >= 0.6 is 0 Å². The molecule has 0 aliphatic heterocycles. The molecule has 0 saturated heterocycles. The molecule has 2 rings (SSSR count). The summed E-state index contributed by atoms with van der Waals surface area (Å²) in [5, 5.41) is 19.6. The van der Waals surface area contributed by atoms with Gasteiger partial charge in [0.05, 0.1) is 19.8 Å². The van der Waals surface area contributed by atoms with Crippen molar-refractivity contribution in [2.45, 2.75) is 45.8 Å². The van der Waals surface area contributed by atoms with Crippen molar-refractivity contribution < 1.29 is 15.9 Å². The molecule has 3 heteroatoms. The van der Waals surface area contributed by atoms with Crippen LogP contribution in [0.2, 0.25) is 0 Å². The van der Waals surface area contributed by atoms with E-state index in [1.54, 1.807) is 0 Å². The molecule has 124 valence electrons. The average molecular weight is 314 g/mol. The maximum Gasteiger partial charge on any atom is 0.0780 e. The Labute approximate surface area is 138 Å². The molecule has 0 atom stereocenters. The van der Waals surface area contributed by atoms with Crippen molar-refractivity contribution in [3.8, 4) is 11.1 Å². The number of hydrogen-bond donors (Lipinski definition) is 3. The van der Waals surface area contributed by atoms with Crippen molar-refractivity contribution in [3.05, 3.63) is 58.7 Å². The first-order valence-electron chi connectivity index (χ1n) is 8.18. The largest absolute Gasteiger partial charge is 0.392 e. The van der Waals surface area contributed by atoms with Crippen LogP contribution in [0.4, 0.5) is 0 Å². The lowest BCUT2D eigenvalue weighted by Gasteiger charge is -2.20. The van der Waals surface area contributed by atoms with E-state index >= 15 is 0 Å². The standard InChI is InChI=1S/C20H27NO2/c1-20(2,3)16-7-4-14(5-8-16)17-9-6-15(10-11-21)18(12-22)19(17)13-23/h4-9,22-23H,10-13,21H2,1-3H3/p+1. The first kappa shape index (κ1) is 17.7. The minimum atomic E-state index is -0.0722. The molecule has 0 unspecified atom stereocenters. The Kier molecular flexibility index (Phi) is 5.58. The molecular formula is C20H28NO2+. The number of hydrogen-bond acceptors (Lipinski definition) is 2. The monoisotopic (exact) mass is 314 g/mol. The molecule has 5 N–H and O–H groups in total. The second kappa shape index (κ2) is 7.26. The summed E-state index contributed by atoms with van der Waals surface area (Å²) >= 11 is 0. The Morgan fingerprint density at radius 1 is 0.870 bits per heavy atom. The lowest BCUT2D eigenvalue weighted by molar-refractivity contribution is -0.366. The van der Waals surface area contributed by atoms with Gasteiger partial charge < -0.3 is 15.9 Å². The van der Waals surface area contributed by atoms with Crippen LogP contribution in [0.1, 0.15) is 43.0 Å². The van der Waals surface area contributed by atoms with Crippen molar-refractivity contribution in [1.29, 1.82) is 0 Å². The van der Waals surface area contributed by atoms with Crippen molar-refractivity contribution in [2.24, 2.45) is 0 Å². The summed E-state index contributed by atoms with van der Waals surface area (Å²) < 4.78 is 0. The fourth-order valence-corrected chi connectivity index (χ4v) is 2.96. The first-order chi connectivity index (χ1) is 10.9. The van der Waals surface area contributed by atoms with Crippen molar-refractivity contribution in [3.63, 3.8) is 0 Å². The van der Waals surface area contributed by atoms with Crippen LogP contribution in [0, 0.1) is 0 Å². The van der Waals surface area contributed by atoms with Gasteiger partial charge in [-0.25, -0.2) is 0 Å². The van der Waals surface area contributed by atoms with Gasteiger partial charge in [0.15, 0.2) is 0 Å². The average Bonchev–Trinajstić information content (AvgIpc) is 2.53. The molecule has 2 aromatic rings. The summed E-state index contributed by atoms with van der Waals surface area (Å²) in [4.78, 5) is 0. The van der Waals surface area contributed by atoms with Crippen LogP contribution in [-0.4, -0.2) is 16.8 Å². The minimum Gasteiger partial charge on any atom is -0.392 e. The summed E-state index contributed by atoms with van der Waals surface area (Å²) in [6.07, 6.45) is 0.812. The van der Waals surface area contributed by atoms with Gasteiger partial charge in [-0.05, 0) is 38.8 Å². The lowest BCUT2D eigenvalue weighted by Crippen LogP contribution is -2.51. The van der Waals surface area contributed by atoms with Crippen molar-refractivity contribution in [1.82, 2.24) is 0 Å². The number of rotatable bonds is 5. The van der Waals surface area contributed by atoms with Gasteiger partial charge in [0.2, 0.25) is 0 Å². The third kappa shape index (κ3) is 3.81. The minimum absolute atomic E-state index is 0.0564. The molecule has 0 aliphatic carbocycles. The summed E-state index contributed by atoms with van der Waals surface area (Å²) in [7, 11) is 0. The second-order valence-electron chi connectivity index (χ2n) is 6.98. The van der Waals surface area contributed by atoms with Gasteiger partial charge in [0, 0.05) is 6.42 Å². The van der Waals surface area contributed by atoms with Gasteiger partial charge in [-0.3, -0.25) is 0 Å². The number of aliphatic hydroxyl groups is 2. The number of aliphatic hydroxyl groups excluding tert-OH is 2. The first-order valence-corrected chi connectivity index (χ1v) is 8.18. The van der Waals surface area contributed by atoms with Gasteiger partial charge in [-0.2, -0.15) is 0 Å². The molecule has 0 saturated carbocycles. The van der Waals surface area contributed by atoms with Crippen LogP contribution in [0.3, 0.4) is 0 Å². The highest BCUT2D eigenvalue weighted by Gasteiger charge is 2.16. The van der Waals surface area contributed by atoms with Crippen molar-refractivity contribution in [2.75, 3.05) is 6.54 Å². The summed E-state index contributed by atoms with van der Waals surface area (Å²) in [6.45, 7) is 7.23. The van der Waals surface area contributed by atoms with E-state index in [9.17, 15) is 10.2 Å². The van der Waals surface area contributed by atoms with E-state index in [1.165, 1.54) is 5.56 Å². The second-order valence-corrected chi connectivity index (χ2v) is 6.98. The zero-order chi connectivity index (χ0) is 17.0. The summed E-state index contributed by atoms with van der Waals surface area (Å²) in [5.41, 5.74) is 10.1. The molecule has 0 radical (unpaired) electrons. The number of benzene rings is 2. The molecule has 3 nitrogen and oxygen atoms in total. The normalized spacial score (nSPS) is 11.7. The maximum absolute atomic E-state index is 9.84. The highest BCUT2D eigenvalue weighted by molar-refractivity contribution is 5.70. The molecule has 23 heavy (non-hydrogen) atoms. The van der Waals surface area contributed by atoms with E-state index in [1.807, 2.05) is 12.1 Å².